The summed E-state index contributed by atoms with van der Waals surface area (Å²) in [5.74, 6) is 1.06. The van der Waals surface area contributed by atoms with Gasteiger partial charge in [0, 0.05) is 30.9 Å². The summed E-state index contributed by atoms with van der Waals surface area (Å²) in [5, 5.41) is 0. The maximum atomic E-state index is 5.48. The van der Waals surface area contributed by atoms with Crippen molar-refractivity contribution in [3.05, 3.63) is 16.7 Å². The molecule has 0 aliphatic carbocycles. The number of anilines is 2. The largest absolute Gasteiger partial charge is 0.376 e. The van der Waals surface area contributed by atoms with E-state index in [2.05, 4.69) is 43.8 Å². The van der Waals surface area contributed by atoms with Crippen molar-refractivity contribution in [3.63, 3.8) is 0 Å². The Morgan fingerprint density at radius 2 is 2.44 bits per heavy atom. The number of hydrogen-bond acceptors (Lipinski definition) is 4. The fraction of sp³-hybridized carbons (Fsp3) is 0.545. The number of aromatic nitrogens is 1. The maximum Gasteiger partial charge on any atom is 0.153 e. The van der Waals surface area contributed by atoms with Gasteiger partial charge in [0.25, 0.3) is 0 Å². The van der Waals surface area contributed by atoms with E-state index in [1.165, 1.54) is 12.1 Å². The molecule has 1 fully saturated rings. The third kappa shape index (κ3) is 1.68. The number of pyridine rings is 1. The third-order valence-electron chi connectivity index (χ3n) is 3.12. The lowest BCUT2D eigenvalue weighted by atomic mass is 10.2. The highest BCUT2D eigenvalue weighted by Gasteiger charge is 2.29. The van der Waals surface area contributed by atoms with Crippen molar-refractivity contribution in [2.75, 3.05) is 36.7 Å². The van der Waals surface area contributed by atoms with Crippen LogP contribution in [0.2, 0.25) is 0 Å². The van der Waals surface area contributed by atoms with Gasteiger partial charge in [-0.25, -0.2) is 4.98 Å². The number of ether oxygens (including phenoxy) is 1. The quantitative estimate of drug-likeness (QED) is 0.828. The lowest BCUT2D eigenvalue weighted by Gasteiger charge is -2.31. The van der Waals surface area contributed by atoms with Crippen molar-refractivity contribution < 1.29 is 4.74 Å². The first-order valence-corrected chi connectivity index (χ1v) is 6.26. The molecule has 5 heteroatoms. The first kappa shape index (κ1) is 10.4. The SMILES string of the molecule is CN1CN(CC2CCO2)c2cc(Br)cnc21. The predicted octanol–water partition coefficient (Wildman–Crippen LogP) is 1.85. The van der Waals surface area contributed by atoms with E-state index >= 15 is 0 Å². The maximum absolute atomic E-state index is 5.48. The number of hydrogen-bond donors (Lipinski definition) is 0. The smallest absolute Gasteiger partial charge is 0.153 e. The van der Waals surface area contributed by atoms with Crippen LogP contribution in [0.3, 0.4) is 0 Å². The summed E-state index contributed by atoms with van der Waals surface area (Å²) in [4.78, 5) is 8.94. The molecule has 4 nitrogen and oxygen atoms in total. The van der Waals surface area contributed by atoms with Crippen LogP contribution >= 0.6 is 15.9 Å². The van der Waals surface area contributed by atoms with E-state index < -0.39 is 0 Å². The molecule has 0 spiro atoms. The van der Waals surface area contributed by atoms with E-state index in [-0.39, 0.29) is 0 Å². The Morgan fingerprint density at radius 3 is 3.12 bits per heavy atom. The normalized spacial score (nSPS) is 23.2. The third-order valence-corrected chi connectivity index (χ3v) is 3.55. The number of fused-ring (bicyclic) bond motifs is 1. The Morgan fingerprint density at radius 1 is 1.62 bits per heavy atom. The summed E-state index contributed by atoms with van der Waals surface area (Å²) in [5.41, 5.74) is 1.20. The monoisotopic (exact) mass is 283 g/mol. The lowest BCUT2D eigenvalue weighted by molar-refractivity contribution is -0.0443. The van der Waals surface area contributed by atoms with Crippen LogP contribution < -0.4 is 9.80 Å². The Balaban J connectivity index is 1.85. The minimum absolute atomic E-state index is 0.401. The van der Waals surface area contributed by atoms with E-state index in [1.54, 1.807) is 0 Å². The molecule has 86 valence electrons. The Kier molecular flexibility index (Phi) is 2.52. The van der Waals surface area contributed by atoms with Crippen LogP contribution in [-0.2, 0) is 4.74 Å². The number of halogens is 1. The van der Waals surface area contributed by atoms with Crippen LogP contribution in [0.15, 0.2) is 16.7 Å². The first-order valence-electron chi connectivity index (χ1n) is 5.47. The predicted molar refractivity (Wildman–Crippen MR) is 66.9 cm³/mol. The zero-order valence-corrected chi connectivity index (χ0v) is 10.8. The Hall–Kier alpha value is -0.810. The van der Waals surface area contributed by atoms with Crippen molar-refractivity contribution in [1.29, 1.82) is 0 Å². The molecule has 3 heterocycles. The zero-order chi connectivity index (χ0) is 11.1. The van der Waals surface area contributed by atoms with Gasteiger partial charge >= 0.3 is 0 Å². The van der Waals surface area contributed by atoms with E-state index in [0.29, 0.717) is 6.10 Å². The summed E-state index contributed by atoms with van der Waals surface area (Å²) in [6.45, 7) is 2.78. The molecule has 1 saturated heterocycles. The van der Waals surface area contributed by atoms with Gasteiger partial charge in [0.05, 0.1) is 18.5 Å². The van der Waals surface area contributed by atoms with Crippen molar-refractivity contribution in [2.24, 2.45) is 0 Å². The minimum atomic E-state index is 0.401. The molecule has 1 aromatic heterocycles. The molecule has 16 heavy (non-hydrogen) atoms. The van der Waals surface area contributed by atoms with Crippen molar-refractivity contribution in [2.45, 2.75) is 12.5 Å². The van der Waals surface area contributed by atoms with Gasteiger partial charge in [-0.1, -0.05) is 0 Å². The summed E-state index contributed by atoms with van der Waals surface area (Å²) >= 11 is 3.47. The molecule has 0 aromatic carbocycles. The Bertz CT molecular complexity index is 408. The summed E-state index contributed by atoms with van der Waals surface area (Å²) < 4.78 is 6.51. The standard InChI is InChI=1S/C11H14BrN3O/c1-14-7-15(6-9-2-3-16-9)10-4-8(12)5-13-11(10)14/h4-5,9H,2-3,6-7H2,1H3. The van der Waals surface area contributed by atoms with Crippen LogP contribution in [0.25, 0.3) is 0 Å². The molecule has 0 bridgehead atoms. The highest BCUT2D eigenvalue weighted by atomic mass is 79.9. The average molecular weight is 284 g/mol. The summed E-state index contributed by atoms with van der Waals surface area (Å²) in [6.07, 6.45) is 3.42. The van der Waals surface area contributed by atoms with Gasteiger partial charge in [-0.15, -0.1) is 0 Å². The zero-order valence-electron chi connectivity index (χ0n) is 9.19. The van der Waals surface area contributed by atoms with E-state index in [4.69, 9.17) is 4.74 Å². The summed E-state index contributed by atoms with van der Waals surface area (Å²) in [6, 6.07) is 2.13. The Labute approximate surface area is 103 Å². The van der Waals surface area contributed by atoms with E-state index in [0.717, 1.165) is 30.1 Å². The lowest BCUT2D eigenvalue weighted by Crippen LogP contribution is -2.41. The summed E-state index contributed by atoms with van der Waals surface area (Å²) in [7, 11) is 2.07. The highest BCUT2D eigenvalue weighted by Crippen LogP contribution is 2.35. The minimum Gasteiger partial charge on any atom is -0.376 e. The molecule has 1 unspecified atom stereocenters. The number of nitrogens with zero attached hydrogens (tertiary/aromatic N) is 3. The second kappa shape index (κ2) is 3.89. The molecule has 0 N–H and O–H groups in total. The van der Waals surface area contributed by atoms with Crippen molar-refractivity contribution >= 4 is 27.4 Å². The fourth-order valence-electron chi connectivity index (χ4n) is 2.18. The van der Waals surface area contributed by atoms with Crippen LogP contribution in [-0.4, -0.2) is 38.0 Å². The molecule has 0 amide bonds. The van der Waals surface area contributed by atoms with Crippen LogP contribution in [0.5, 0.6) is 0 Å². The molecule has 2 aliphatic heterocycles. The van der Waals surface area contributed by atoms with Gasteiger partial charge in [-0.3, -0.25) is 0 Å². The molecule has 1 atom stereocenters. The highest BCUT2D eigenvalue weighted by molar-refractivity contribution is 9.10. The van der Waals surface area contributed by atoms with Gasteiger partial charge in [-0.2, -0.15) is 0 Å². The van der Waals surface area contributed by atoms with Gasteiger partial charge in [0.15, 0.2) is 5.82 Å². The fourth-order valence-corrected chi connectivity index (χ4v) is 2.50. The molecule has 0 saturated carbocycles. The second-order valence-electron chi connectivity index (χ2n) is 4.34. The van der Waals surface area contributed by atoms with Gasteiger partial charge in [0.1, 0.15) is 0 Å². The second-order valence-corrected chi connectivity index (χ2v) is 5.26. The van der Waals surface area contributed by atoms with Gasteiger partial charge < -0.3 is 14.5 Å². The molecule has 3 rings (SSSR count). The van der Waals surface area contributed by atoms with Gasteiger partial charge in [0.2, 0.25) is 0 Å². The molecular weight excluding hydrogens is 270 g/mol. The van der Waals surface area contributed by atoms with Crippen molar-refractivity contribution in [3.8, 4) is 0 Å². The van der Waals surface area contributed by atoms with Gasteiger partial charge in [-0.05, 0) is 28.4 Å². The van der Waals surface area contributed by atoms with Crippen molar-refractivity contribution in [1.82, 2.24) is 4.98 Å². The topological polar surface area (TPSA) is 28.6 Å². The average Bonchev–Trinajstić information content (AvgIpc) is 2.49. The molecule has 0 radical (unpaired) electrons. The molecule has 2 aliphatic rings. The van der Waals surface area contributed by atoms with Crippen LogP contribution in [0, 0.1) is 0 Å². The number of rotatable bonds is 2. The first-order chi connectivity index (χ1) is 7.74. The molecular formula is C11H14BrN3O. The van der Waals surface area contributed by atoms with Crippen LogP contribution in [0.4, 0.5) is 11.5 Å². The van der Waals surface area contributed by atoms with Crippen LogP contribution in [0.1, 0.15) is 6.42 Å². The van der Waals surface area contributed by atoms with E-state index in [9.17, 15) is 0 Å². The molecule has 1 aromatic rings. The van der Waals surface area contributed by atoms with E-state index in [1.807, 2.05) is 6.20 Å².